The van der Waals surface area contributed by atoms with E-state index in [9.17, 15) is 4.79 Å². The van der Waals surface area contributed by atoms with Gasteiger partial charge in [0, 0.05) is 17.9 Å². The van der Waals surface area contributed by atoms with Crippen molar-refractivity contribution in [2.24, 2.45) is 0 Å². The predicted molar refractivity (Wildman–Crippen MR) is 89.1 cm³/mol. The Balaban J connectivity index is 2.23. The predicted octanol–water partition coefficient (Wildman–Crippen LogP) is 4.67. The van der Waals surface area contributed by atoms with Crippen molar-refractivity contribution in [1.29, 1.82) is 0 Å². The lowest BCUT2D eigenvalue weighted by Crippen LogP contribution is -2.35. The van der Waals surface area contributed by atoms with E-state index in [4.69, 9.17) is 0 Å². The number of amides is 2. The van der Waals surface area contributed by atoms with E-state index in [2.05, 4.69) is 5.32 Å². The second-order valence-corrected chi connectivity index (χ2v) is 5.26. The second kappa shape index (κ2) is 6.44. The van der Waals surface area contributed by atoms with Crippen molar-refractivity contribution in [3.05, 3.63) is 59.2 Å². The Morgan fingerprint density at radius 3 is 2.48 bits per heavy atom. The Morgan fingerprint density at radius 2 is 1.81 bits per heavy atom. The van der Waals surface area contributed by atoms with Crippen molar-refractivity contribution < 1.29 is 4.79 Å². The zero-order valence-electron chi connectivity index (χ0n) is 13.1. The smallest absolute Gasteiger partial charge is 0.307 e. The van der Waals surface area contributed by atoms with Crippen LogP contribution < -0.4 is 10.2 Å². The molecule has 0 saturated carbocycles. The quantitative estimate of drug-likeness (QED) is 0.871. The molecule has 0 atom stereocenters. The third-order valence-electron chi connectivity index (χ3n) is 3.72. The van der Waals surface area contributed by atoms with Crippen LogP contribution in [0.5, 0.6) is 0 Å². The summed E-state index contributed by atoms with van der Waals surface area (Å²) in [6, 6.07) is 13.8. The lowest BCUT2D eigenvalue weighted by molar-refractivity contribution is 0.257. The molecule has 0 heterocycles. The first-order valence-electron chi connectivity index (χ1n) is 7.24. The molecule has 21 heavy (non-hydrogen) atoms. The molecule has 3 nitrogen and oxygen atoms in total. The summed E-state index contributed by atoms with van der Waals surface area (Å²) in [6.45, 7) is 8.70. The summed E-state index contributed by atoms with van der Waals surface area (Å²) in [6.07, 6.45) is 0. The van der Waals surface area contributed by atoms with Crippen LogP contribution in [0.2, 0.25) is 0 Å². The summed E-state index contributed by atoms with van der Waals surface area (Å²) in [5.74, 6) is 0. The van der Waals surface area contributed by atoms with Crippen molar-refractivity contribution in [3.8, 4) is 0 Å². The Kier molecular flexibility index (Phi) is 4.63. The van der Waals surface area contributed by atoms with Crippen LogP contribution >= 0.6 is 0 Å². The number of urea groups is 1. The van der Waals surface area contributed by atoms with Crippen molar-refractivity contribution in [3.63, 3.8) is 0 Å². The first-order chi connectivity index (χ1) is 10.0. The second-order valence-electron chi connectivity index (χ2n) is 5.26. The molecular weight excluding hydrogens is 260 g/mol. The van der Waals surface area contributed by atoms with Crippen molar-refractivity contribution in [2.45, 2.75) is 27.7 Å². The van der Waals surface area contributed by atoms with E-state index in [0.29, 0.717) is 6.54 Å². The minimum Gasteiger partial charge on any atom is -0.307 e. The maximum absolute atomic E-state index is 12.5. The number of nitrogens with one attached hydrogen (secondary N) is 1. The zero-order chi connectivity index (χ0) is 15.4. The molecule has 0 aliphatic rings. The van der Waals surface area contributed by atoms with E-state index in [0.717, 1.165) is 22.5 Å². The van der Waals surface area contributed by atoms with Gasteiger partial charge in [-0.1, -0.05) is 24.3 Å². The number of hydrogen-bond acceptors (Lipinski definition) is 1. The van der Waals surface area contributed by atoms with Crippen LogP contribution in [0, 0.1) is 20.8 Å². The highest BCUT2D eigenvalue weighted by Crippen LogP contribution is 2.21. The monoisotopic (exact) mass is 282 g/mol. The fourth-order valence-electron chi connectivity index (χ4n) is 2.31. The molecule has 2 aromatic rings. The zero-order valence-corrected chi connectivity index (χ0v) is 13.1. The highest BCUT2D eigenvalue weighted by atomic mass is 16.2. The maximum Gasteiger partial charge on any atom is 0.326 e. The highest BCUT2D eigenvalue weighted by molar-refractivity contribution is 6.02. The third kappa shape index (κ3) is 3.43. The number of hydrogen-bond donors (Lipinski definition) is 1. The van der Waals surface area contributed by atoms with Crippen LogP contribution in [0.4, 0.5) is 16.2 Å². The van der Waals surface area contributed by atoms with Gasteiger partial charge in [-0.2, -0.15) is 0 Å². The van der Waals surface area contributed by atoms with E-state index < -0.39 is 0 Å². The Hall–Kier alpha value is -2.29. The molecule has 2 rings (SSSR count). The maximum atomic E-state index is 12.5. The molecule has 0 aliphatic carbocycles. The molecule has 2 aromatic carbocycles. The molecule has 3 heteroatoms. The van der Waals surface area contributed by atoms with Crippen LogP contribution in [-0.4, -0.2) is 12.6 Å². The molecule has 0 radical (unpaired) electrons. The van der Waals surface area contributed by atoms with Gasteiger partial charge in [-0.3, -0.25) is 4.90 Å². The van der Waals surface area contributed by atoms with Crippen LogP contribution in [-0.2, 0) is 0 Å². The van der Waals surface area contributed by atoms with Crippen molar-refractivity contribution in [2.75, 3.05) is 16.8 Å². The Morgan fingerprint density at radius 1 is 1.10 bits per heavy atom. The van der Waals surface area contributed by atoms with Gasteiger partial charge in [-0.15, -0.1) is 0 Å². The number of benzene rings is 2. The summed E-state index contributed by atoms with van der Waals surface area (Å²) in [4.78, 5) is 14.3. The van der Waals surface area contributed by atoms with Crippen LogP contribution in [0.1, 0.15) is 23.6 Å². The lowest BCUT2D eigenvalue weighted by Gasteiger charge is -2.22. The largest absolute Gasteiger partial charge is 0.326 e. The van der Waals surface area contributed by atoms with Gasteiger partial charge in [0.1, 0.15) is 0 Å². The number of rotatable bonds is 3. The molecule has 0 saturated heterocycles. The van der Waals surface area contributed by atoms with Gasteiger partial charge in [0.15, 0.2) is 0 Å². The minimum absolute atomic E-state index is 0.100. The first-order valence-corrected chi connectivity index (χ1v) is 7.24. The summed E-state index contributed by atoms with van der Waals surface area (Å²) in [7, 11) is 0. The Bertz CT molecular complexity index is 649. The Labute approximate surface area is 126 Å². The molecule has 0 fully saturated rings. The average Bonchev–Trinajstić information content (AvgIpc) is 2.45. The minimum atomic E-state index is -0.100. The standard InChI is InChI=1S/C18H22N2O/c1-5-20(16-10-6-8-13(2)12-16)18(21)19-17-11-7-9-14(3)15(17)4/h6-12H,5H2,1-4H3,(H,19,21). The number of anilines is 2. The lowest BCUT2D eigenvalue weighted by atomic mass is 10.1. The van der Waals surface area contributed by atoms with E-state index in [-0.39, 0.29) is 6.03 Å². The van der Waals surface area contributed by atoms with E-state index in [1.807, 2.05) is 70.2 Å². The molecule has 0 bridgehead atoms. The number of carbonyl (C=O) groups is 1. The first kappa shape index (κ1) is 15.1. The van der Waals surface area contributed by atoms with E-state index >= 15 is 0 Å². The van der Waals surface area contributed by atoms with Crippen molar-refractivity contribution >= 4 is 17.4 Å². The number of nitrogens with zero attached hydrogens (tertiary/aromatic N) is 1. The van der Waals surface area contributed by atoms with Gasteiger partial charge in [0.05, 0.1) is 0 Å². The fourth-order valence-corrected chi connectivity index (χ4v) is 2.31. The fraction of sp³-hybridized carbons (Fsp3) is 0.278. The van der Waals surface area contributed by atoms with Gasteiger partial charge < -0.3 is 5.32 Å². The summed E-state index contributed by atoms with van der Waals surface area (Å²) in [5, 5.41) is 3.01. The number of aryl methyl sites for hydroxylation is 2. The molecule has 0 unspecified atom stereocenters. The summed E-state index contributed by atoms with van der Waals surface area (Å²) in [5.41, 5.74) is 5.20. The SMILES string of the molecule is CCN(C(=O)Nc1cccc(C)c1C)c1cccc(C)c1. The molecule has 0 aromatic heterocycles. The van der Waals surface area contributed by atoms with E-state index in [1.165, 1.54) is 5.56 Å². The molecular formula is C18H22N2O. The van der Waals surface area contributed by atoms with Crippen LogP contribution in [0.3, 0.4) is 0 Å². The van der Waals surface area contributed by atoms with Gasteiger partial charge in [0.25, 0.3) is 0 Å². The van der Waals surface area contributed by atoms with Crippen LogP contribution in [0.15, 0.2) is 42.5 Å². The number of carbonyl (C=O) groups excluding carboxylic acids is 1. The molecule has 110 valence electrons. The third-order valence-corrected chi connectivity index (χ3v) is 3.72. The summed E-state index contributed by atoms with van der Waals surface area (Å²) >= 11 is 0. The van der Waals surface area contributed by atoms with Gasteiger partial charge in [0.2, 0.25) is 0 Å². The topological polar surface area (TPSA) is 32.3 Å². The highest BCUT2D eigenvalue weighted by Gasteiger charge is 2.15. The van der Waals surface area contributed by atoms with Gasteiger partial charge >= 0.3 is 6.03 Å². The summed E-state index contributed by atoms with van der Waals surface area (Å²) < 4.78 is 0. The molecule has 0 aliphatic heterocycles. The molecule has 1 N–H and O–H groups in total. The normalized spacial score (nSPS) is 10.3. The molecule has 2 amide bonds. The van der Waals surface area contributed by atoms with Gasteiger partial charge in [-0.25, -0.2) is 4.79 Å². The van der Waals surface area contributed by atoms with Crippen molar-refractivity contribution in [1.82, 2.24) is 0 Å². The molecule has 0 spiro atoms. The average molecular weight is 282 g/mol. The van der Waals surface area contributed by atoms with Crippen LogP contribution in [0.25, 0.3) is 0 Å². The van der Waals surface area contributed by atoms with E-state index in [1.54, 1.807) is 4.90 Å². The van der Waals surface area contributed by atoms with Gasteiger partial charge in [-0.05, 0) is 62.6 Å².